The molecule has 0 spiro atoms. The fourth-order valence-corrected chi connectivity index (χ4v) is 1.68. The summed E-state index contributed by atoms with van der Waals surface area (Å²) in [6.07, 6.45) is 2.97. The zero-order valence-electron chi connectivity index (χ0n) is 9.36. The number of nitrogens with zero attached hydrogens (tertiary/aromatic N) is 1. The number of nitrogens with one attached hydrogen (secondary N) is 1. The van der Waals surface area contributed by atoms with Crippen molar-refractivity contribution in [3.05, 3.63) is 33.2 Å². The molecule has 0 aliphatic heterocycles. The van der Waals surface area contributed by atoms with Crippen LogP contribution in [-0.4, -0.2) is 28.7 Å². The van der Waals surface area contributed by atoms with E-state index in [1.165, 1.54) is 10.6 Å². The van der Waals surface area contributed by atoms with Gasteiger partial charge in [-0.15, -0.1) is 0 Å². The lowest BCUT2D eigenvalue weighted by atomic mass is 10.3. The number of aliphatic hydroxyl groups is 1. The van der Waals surface area contributed by atoms with Crippen molar-refractivity contribution in [1.29, 1.82) is 0 Å². The number of hydrogen-bond acceptors (Lipinski definition) is 3. The van der Waals surface area contributed by atoms with Crippen LogP contribution in [0.15, 0.2) is 27.6 Å². The van der Waals surface area contributed by atoms with Gasteiger partial charge in [-0.2, -0.15) is 0 Å². The Kier molecular flexibility index (Phi) is 5.93. The molecule has 1 aromatic heterocycles. The highest BCUT2D eigenvalue weighted by Crippen LogP contribution is 2.04. The number of hydrogen-bond donors (Lipinski definition) is 2. The van der Waals surface area contributed by atoms with Crippen molar-refractivity contribution in [2.24, 2.45) is 0 Å². The Morgan fingerprint density at radius 2 is 2.18 bits per heavy atom. The number of aromatic nitrogens is 1. The highest BCUT2D eigenvalue weighted by atomic mass is 79.9. The Labute approximate surface area is 108 Å². The van der Waals surface area contributed by atoms with E-state index in [0.29, 0.717) is 13.0 Å². The number of aliphatic hydroxyl groups excluding tert-OH is 1. The van der Waals surface area contributed by atoms with Gasteiger partial charge in [0.1, 0.15) is 6.54 Å². The van der Waals surface area contributed by atoms with Gasteiger partial charge >= 0.3 is 0 Å². The first-order chi connectivity index (χ1) is 8.13. The van der Waals surface area contributed by atoms with Gasteiger partial charge in [0, 0.05) is 29.9 Å². The van der Waals surface area contributed by atoms with Crippen LogP contribution >= 0.6 is 15.9 Å². The molecule has 0 unspecified atom stereocenters. The van der Waals surface area contributed by atoms with E-state index in [2.05, 4.69) is 21.2 Å². The summed E-state index contributed by atoms with van der Waals surface area (Å²) in [5.74, 6) is -0.205. The summed E-state index contributed by atoms with van der Waals surface area (Å²) >= 11 is 3.24. The van der Waals surface area contributed by atoms with Crippen LogP contribution in [0.3, 0.4) is 0 Å². The molecule has 0 saturated heterocycles. The first-order valence-electron chi connectivity index (χ1n) is 5.37. The molecular formula is C11H15BrN2O3. The summed E-state index contributed by atoms with van der Waals surface area (Å²) in [4.78, 5) is 22.9. The van der Waals surface area contributed by atoms with Gasteiger partial charge in [0.25, 0.3) is 5.56 Å². The third-order valence-electron chi connectivity index (χ3n) is 2.17. The highest BCUT2D eigenvalue weighted by molar-refractivity contribution is 9.10. The topological polar surface area (TPSA) is 71.3 Å². The molecule has 2 N–H and O–H groups in total. The quantitative estimate of drug-likeness (QED) is 0.752. The lowest BCUT2D eigenvalue weighted by Crippen LogP contribution is -2.32. The van der Waals surface area contributed by atoms with E-state index < -0.39 is 0 Å². The molecule has 0 aliphatic rings. The minimum Gasteiger partial charge on any atom is -0.396 e. The molecule has 1 heterocycles. The summed E-state index contributed by atoms with van der Waals surface area (Å²) in [6.45, 7) is 0.653. The average Bonchev–Trinajstić information content (AvgIpc) is 2.29. The van der Waals surface area contributed by atoms with E-state index in [1.54, 1.807) is 12.3 Å². The van der Waals surface area contributed by atoms with E-state index >= 15 is 0 Å². The summed E-state index contributed by atoms with van der Waals surface area (Å²) < 4.78 is 2.09. The van der Waals surface area contributed by atoms with Crippen LogP contribution < -0.4 is 10.9 Å². The second-order valence-electron chi connectivity index (χ2n) is 3.59. The van der Waals surface area contributed by atoms with Crippen molar-refractivity contribution in [2.75, 3.05) is 13.2 Å². The number of amides is 1. The van der Waals surface area contributed by atoms with Crippen LogP contribution in [0, 0.1) is 0 Å². The van der Waals surface area contributed by atoms with Crippen molar-refractivity contribution in [3.63, 3.8) is 0 Å². The van der Waals surface area contributed by atoms with Crippen molar-refractivity contribution in [1.82, 2.24) is 9.88 Å². The summed E-state index contributed by atoms with van der Waals surface area (Å²) in [7, 11) is 0. The fourth-order valence-electron chi connectivity index (χ4n) is 1.30. The maximum atomic E-state index is 11.5. The number of carbonyl (C=O) groups excluding carboxylic acids is 1. The standard InChI is InChI=1S/C11H15BrN2O3/c12-9-3-4-11(17)14(7-9)8-10(16)13-5-1-2-6-15/h3-4,7,15H,1-2,5-6,8H2,(H,13,16). The number of unbranched alkanes of at least 4 members (excludes halogenated alkanes) is 1. The minimum atomic E-state index is -0.210. The second kappa shape index (κ2) is 7.24. The van der Waals surface area contributed by atoms with Gasteiger partial charge in [-0.3, -0.25) is 9.59 Å². The van der Waals surface area contributed by atoms with E-state index in [1.807, 2.05) is 0 Å². The number of carbonyl (C=O) groups is 1. The Morgan fingerprint density at radius 1 is 1.41 bits per heavy atom. The third kappa shape index (κ3) is 5.14. The predicted octanol–water partition coefficient (Wildman–Crippen LogP) is 0.499. The average molecular weight is 303 g/mol. The lowest BCUT2D eigenvalue weighted by molar-refractivity contribution is -0.121. The zero-order valence-corrected chi connectivity index (χ0v) is 10.9. The number of rotatable bonds is 6. The molecule has 94 valence electrons. The van der Waals surface area contributed by atoms with Crippen molar-refractivity contribution < 1.29 is 9.90 Å². The smallest absolute Gasteiger partial charge is 0.251 e. The van der Waals surface area contributed by atoms with Crippen molar-refractivity contribution in [3.8, 4) is 0 Å². The number of halogens is 1. The van der Waals surface area contributed by atoms with Crippen LogP contribution in [-0.2, 0) is 11.3 Å². The Morgan fingerprint density at radius 3 is 2.88 bits per heavy atom. The Bertz CT molecular complexity index is 431. The van der Waals surface area contributed by atoms with Gasteiger partial charge in [0.2, 0.25) is 5.91 Å². The van der Waals surface area contributed by atoms with Gasteiger partial charge in [-0.05, 0) is 34.8 Å². The molecule has 0 fully saturated rings. The molecule has 0 saturated carbocycles. The fraction of sp³-hybridized carbons (Fsp3) is 0.455. The summed E-state index contributed by atoms with van der Waals surface area (Å²) in [5.41, 5.74) is -0.210. The third-order valence-corrected chi connectivity index (χ3v) is 2.64. The SMILES string of the molecule is O=C(Cn1cc(Br)ccc1=O)NCCCCO. The molecule has 5 nitrogen and oxygen atoms in total. The maximum Gasteiger partial charge on any atom is 0.251 e. The van der Waals surface area contributed by atoms with Gasteiger partial charge in [-0.25, -0.2) is 0 Å². The van der Waals surface area contributed by atoms with Crippen LogP contribution in [0.25, 0.3) is 0 Å². The molecular weight excluding hydrogens is 288 g/mol. The maximum absolute atomic E-state index is 11.5. The lowest BCUT2D eigenvalue weighted by Gasteiger charge is -2.07. The van der Waals surface area contributed by atoms with E-state index in [-0.39, 0.29) is 24.6 Å². The van der Waals surface area contributed by atoms with Gasteiger partial charge in [0.05, 0.1) is 0 Å². The monoisotopic (exact) mass is 302 g/mol. The predicted molar refractivity (Wildman–Crippen MR) is 67.7 cm³/mol. The molecule has 0 radical (unpaired) electrons. The molecule has 0 aromatic carbocycles. The normalized spacial score (nSPS) is 10.2. The van der Waals surface area contributed by atoms with Crippen molar-refractivity contribution in [2.45, 2.75) is 19.4 Å². The van der Waals surface area contributed by atoms with Gasteiger partial charge < -0.3 is 15.0 Å². The number of pyridine rings is 1. The minimum absolute atomic E-state index is 0.0113. The molecule has 0 bridgehead atoms. The summed E-state index contributed by atoms with van der Waals surface area (Å²) in [5, 5.41) is 11.3. The first-order valence-corrected chi connectivity index (χ1v) is 6.16. The molecule has 17 heavy (non-hydrogen) atoms. The van der Waals surface area contributed by atoms with E-state index in [9.17, 15) is 9.59 Å². The van der Waals surface area contributed by atoms with E-state index in [0.717, 1.165) is 10.9 Å². The molecule has 1 rings (SSSR count). The van der Waals surface area contributed by atoms with Gasteiger partial charge in [0.15, 0.2) is 0 Å². The first kappa shape index (κ1) is 13.9. The van der Waals surface area contributed by atoms with Crippen LogP contribution in [0.4, 0.5) is 0 Å². The Hall–Kier alpha value is -1.14. The van der Waals surface area contributed by atoms with Crippen LogP contribution in [0.5, 0.6) is 0 Å². The zero-order chi connectivity index (χ0) is 12.7. The Balaban J connectivity index is 2.45. The van der Waals surface area contributed by atoms with E-state index in [4.69, 9.17) is 5.11 Å². The van der Waals surface area contributed by atoms with Crippen LogP contribution in [0.1, 0.15) is 12.8 Å². The van der Waals surface area contributed by atoms with Crippen molar-refractivity contribution >= 4 is 21.8 Å². The molecule has 0 atom stereocenters. The van der Waals surface area contributed by atoms with Crippen LogP contribution in [0.2, 0.25) is 0 Å². The largest absolute Gasteiger partial charge is 0.396 e. The molecule has 1 aromatic rings. The second-order valence-corrected chi connectivity index (χ2v) is 4.51. The molecule has 6 heteroatoms. The van der Waals surface area contributed by atoms with Gasteiger partial charge in [-0.1, -0.05) is 0 Å². The highest BCUT2D eigenvalue weighted by Gasteiger charge is 2.03. The molecule has 0 aliphatic carbocycles. The summed E-state index contributed by atoms with van der Waals surface area (Å²) in [6, 6.07) is 3.04. The molecule has 1 amide bonds.